The van der Waals surface area contributed by atoms with Crippen molar-refractivity contribution in [2.75, 3.05) is 18.1 Å². The van der Waals surface area contributed by atoms with Gasteiger partial charge in [-0.25, -0.2) is 0 Å². The molecule has 0 radical (unpaired) electrons. The fraction of sp³-hybridized carbons (Fsp3) is 0.538. The van der Waals surface area contributed by atoms with Gasteiger partial charge >= 0.3 is 0 Å². The molecule has 1 fully saturated rings. The molecule has 0 unspecified atom stereocenters. The van der Waals surface area contributed by atoms with E-state index in [1.54, 1.807) is 18.2 Å². The monoisotopic (exact) mass is 266 g/mol. The molecule has 0 bridgehead atoms. The van der Waals surface area contributed by atoms with Crippen molar-refractivity contribution in [3.63, 3.8) is 0 Å². The molecule has 4 nitrogen and oxygen atoms in total. The quantitative estimate of drug-likeness (QED) is 0.653. The number of anilines is 1. The highest BCUT2D eigenvalue weighted by atomic mass is 32.2. The molecular formula is C13H18N2O2S. The first kappa shape index (κ1) is 13.2. The summed E-state index contributed by atoms with van der Waals surface area (Å²) >= 11 is 1.92. The van der Waals surface area contributed by atoms with Gasteiger partial charge in [-0.3, -0.25) is 10.1 Å². The van der Waals surface area contributed by atoms with Crippen molar-refractivity contribution in [2.24, 2.45) is 0 Å². The molecule has 0 atom stereocenters. The Kier molecular flexibility index (Phi) is 3.80. The van der Waals surface area contributed by atoms with Crippen LogP contribution in [-0.2, 0) is 0 Å². The first-order valence-corrected chi connectivity index (χ1v) is 7.33. The van der Waals surface area contributed by atoms with Crippen LogP contribution in [0.4, 0.5) is 11.4 Å². The van der Waals surface area contributed by atoms with Crippen molar-refractivity contribution in [3.8, 4) is 0 Å². The molecular weight excluding hydrogens is 248 g/mol. The Labute approximate surface area is 111 Å². The molecule has 0 aromatic heterocycles. The molecule has 2 rings (SSSR count). The molecule has 1 N–H and O–H groups in total. The maximum atomic E-state index is 10.7. The number of rotatable bonds is 5. The minimum atomic E-state index is -0.355. The minimum absolute atomic E-state index is 0.154. The number of nitro groups is 1. The number of non-ortho nitro benzene ring substituents is 1. The van der Waals surface area contributed by atoms with Crippen LogP contribution in [0.15, 0.2) is 18.2 Å². The molecule has 0 heterocycles. The van der Waals surface area contributed by atoms with Crippen LogP contribution in [-0.4, -0.2) is 22.5 Å². The van der Waals surface area contributed by atoms with Crippen LogP contribution in [0.1, 0.15) is 24.8 Å². The first-order chi connectivity index (χ1) is 8.56. The van der Waals surface area contributed by atoms with Gasteiger partial charge in [0.15, 0.2) is 0 Å². The van der Waals surface area contributed by atoms with E-state index < -0.39 is 0 Å². The van der Waals surface area contributed by atoms with Crippen LogP contribution in [0.25, 0.3) is 0 Å². The lowest BCUT2D eigenvalue weighted by atomic mass is 9.84. The summed E-state index contributed by atoms with van der Waals surface area (Å²) in [5.41, 5.74) is 2.09. The summed E-state index contributed by atoms with van der Waals surface area (Å²) in [7, 11) is 0. The SMILES string of the molecule is CSC1(CNc2ccc([N+](=O)[O-])cc2C)CCC1. The summed E-state index contributed by atoms with van der Waals surface area (Å²) in [6, 6.07) is 4.98. The maximum absolute atomic E-state index is 10.7. The summed E-state index contributed by atoms with van der Waals surface area (Å²) in [5, 5.41) is 14.1. The Hall–Kier alpha value is -1.23. The van der Waals surface area contributed by atoms with E-state index in [9.17, 15) is 10.1 Å². The second-order valence-corrected chi connectivity index (χ2v) is 6.12. The fourth-order valence-corrected chi connectivity index (χ4v) is 3.15. The van der Waals surface area contributed by atoms with Crippen molar-refractivity contribution in [3.05, 3.63) is 33.9 Å². The number of aryl methyl sites for hydroxylation is 1. The molecule has 18 heavy (non-hydrogen) atoms. The van der Waals surface area contributed by atoms with E-state index >= 15 is 0 Å². The van der Waals surface area contributed by atoms with Gasteiger partial charge in [0, 0.05) is 29.1 Å². The minimum Gasteiger partial charge on any atom is -0.383 e. The van der Waals surface area contributed by atoms with Crippen LogP contribution in [0.3, 0.4) is 0 Å². The fourth-order valence-electron chi connectivity index (χ4n) is 2.24. The van der Waals surface area contributed by atoms with Gasteiger partial charge in [0.25, 0.3) is 5.69 Å². The first-order valence-electron chi connectivity index (χ1n) is 6.10. The van der Waals surface area contributed by atoms with Crippen molar-refractivity contribution in [1.82, 2.24) is 0 Å². The molecule has 1 aliphatic carbocycles. The van der Waals surface area contributed by atoms with Crippen LogP contribution in [0.5, 0.6) is 0 Å². The summed E-state index contributed by atoms with van der Waals surface area (Å²) < 4.78 is 0.369. The highest BCUT2D eigenvalue weighted by molar-refractivity contribution is 8.00. The Balaban J connectivity index is 2.03. The topological polar surface area (TPSA) is 55.2 Å². The van der Waals surface area contributed by atoms with Gasteiger partial charge in [0.2, 0.25) is 0 Å². The predicted molar refractivity (Wildman–Crippen MR) is 76.4 cm³/mol. The average Bonchev–Trinajstić information content (AvgIpc) is 2.29. The van der Waals surface area contributed by atoms with Gasteiger partial charge in [-0.05, 0) is 37.7 Å². The second kappa shape index (κ2) is 5.18. The average molecular weight is 266 g/mol. The number of benzene rings is 1. The standard InChI is InChI=1S/C13H18N2O2S/c1-10-8-11(15(16)17)4-5-12(10)14-9-13(18-2)6-3-7-13/h4-5,8,14H,3,6-7,9H2,1-2H3. The third-order valence-electron chi connectivity index (χ3n) is 3.72. The van der Waals surface area contributed by atoms with Crippen molar-refractivity contribution in [2.45, 2.75) is 30.9 Å². The summed E-state index contributed by atoms with van der Waals surface area (Å²) in [6.07, 6.45) is 5.98. The van der Waals surface area contributed by atoms with Crippen LogP contribution in [0.2, 0.25) is 0 Å². The van der Waals surface area contributed by atoms with Crippen LogP contribution >= 0.6 is 11.8 Å². The molecule has 0 aliphatic heterocycles. The third-order valence-corrected chi connectivity index (χ3v) is 5.14. The third kappa shape index (κ3) is 2.61. The van der Waals surface area contributed by atoms with E-state index in [1.165, 1.54) is 19.3 Å². The van der Waals surface area contributed by atoms with Gasteiger partial charge in [0.05, 0.1) is 4.92 Å². The molecule has 1 aromatic rings. The molecule has 1 aromatic carbocycles. The van der Waals surface area contributed by atoms with E-state index in [4.69, 9.17) is 0 Å². The Morgan fingerprint density at radius 1 is 1.50 bits per heavy atom. The molecule has 5 heteroatoms. The van der Waals surface area contributed by atoms with Gasteiger partial charge < -0.3 is 5.32 Å². The Morgan fingerprint density at radius 3 is 2.67 bits per heavy atom. The van der Waals surface area contributed by atoms with E-state index in [1.807, 2.05) is 18.7 Å². The predicted octanol–water partition coefficient (Wildman–Crippen LogP) is 3.60. The van der Waals surface area contributed by atoms with E-state index in [0.29, 0.717) is 4.75 Å². The smallest absolute Gasteiger partial charge is 0.269 e. The number of nitrogens with zero attached hydrogens (tertiary/aromatic N) is 1. The number of thioether (sulfide) groups is 1. The number of nitro benzene ring substituents is 1. The van der Waals surface area contributed by atoms with Gasteiger partial charge in [-0.1, -0.05) is 6.42 Å². The summed E-state index contributed by atoms with van der Waals surface area (Å²) in [5.74, 6) is 0. The summed E-state index contributed by atoms with van der Waals surface area (Å²) in [6.45, 7) is 2.84. The summed E-state index contributed by atoms with van der Waals surface area (Å²) in [4.78, 5) is 10.3. The van der Waals surface area contributed by atoms with Gasteiger partial charge in [-0.15, -0.1) is 0 Å². The Bertz CT molecular complexity index is 453. The molecule has 1 saturated carbocycles. The van der Waals surface area contributed by atoms with Gasteiger partial charge in [0.1, 0.15) is 0 Å². The molecule has 98 valence electrons. The lowest BCUT2D eigenvalue weighted by Gasteiger charge is -2.40. The van der Waals surface area contributed by atoms with Gasteiger partial charge in [-0.2, -0.15) is 11.8 Å². The highest BCUT2D eigenvalue weighted by Gasteiger charge is 2.35. The lowest BCUT2D eigenvalue weighted by molar-refractivity contribution is -0.384. The highest BCUT2D eigenvalue weighted by Crippen LogP contribution is 2.42. The van der Waals surface area contributed by atoms with Crippen LogP contribution < -0.4 is 5.32 Å². The van der Waals surface area contributed by atoms with Crippen molar-refractivity contribution in [1.29, 1.82) is 0 Å². The van der Waals surface area contributed by atoms with E-state index in [0.717, 1.165) is 17.8 Å². The zero-order chi connectivity index (χ0) is 13.2. The van der Waals surface area contributed by atoms with Crippen LogP contribution in [0, 0.1) is 17.0 Å². The number of hydrogen-bond acceptors (Lipinski definition) is 4. The van der Waals surface area contributed by atoms with E-state index in [-0.39, 0.29) is 10.6 Å². The molecule has 0 spiro atoms. The number of nitrogens with one attached hydrogen (secondary N) is 1. The molecule has 0 amide bonds. The van der Waals surface area contributed by atoms with E-state index in [2.05, 4.69) is 11.6 Å². The van der Waals surface area contributed by atoms with Crippen molar-refractivity contribution < 1.29 is 4.92 Å². The normalized spacial score (nSPS) is 17.0. The Morgan fingerprint density at radius 2 is 2.22 bits per heavy atom. The number of hydrogen-bond donors (Lipinski definition) is 1. The second-order valence-electron chi connectivity index (χ2n) is 4.85. The molecule has 1 aliphatic rings. The zero-order valence-corrected chi connectivity index (χ0v) is 11.5. The molecule has 0 saturated heterocycles. The van der Waals surface area contributed by atoms with Crippen molar-refractivity contribution >= 4 is 23.1 Å². The largest absolute Gasteiger partial charge is 0.383 e. The lowest BCUT2D eigenvalue weighted by Crippen LogP contribution is -2.40. The maximum Gasteiger partial charge on any atom is 0.269 e. The zero-order valence-electron chi connectivity index (χ0n) is 10.7.